The Labute approximate surface area is 200 Å². The summed E-state index contributed by atoms with van der Waals surface area (Å²) < 4.78 is 224. The Kier molecular flexibility index (Phi) is 10.9. The average Bonchev–Trinajstić information content (AvgIpc) is 2.71. The maximum absolute atomic E-state index is 13.7. The van der Waals surface area contributed by atoms with Crippen LogP contribution < -0.4 is 11.1 Å². The molecule has 0 heterocycles. The van der Waals surface area contributed by atoms with Crippen LogP contribution in [0.4, 0.5) is 74.6 Å². The van der Waals surface area contributed by atoms with Crippen molar-refractivity contribution in [1.29, 1.82) is 0 Å². The molecule has 0 fully saturated rings. The van der Waals surface area contributed by atoms with Gasteiger partial charge in [-0.1, -0.05) is 0 Å². The lowest BCUT2D eigenvalue weighted by molar-refractivity contribution is -0.461. The summed E-state index contributed by atoms with van der Waals surface area (Å²) >= 11 is 0.174. The quantitative estimate of drug-likeness (QED) is 0.178. The normalized spacial score (nSPS) is 15.2. The number of halogens is 17. The van der Waals surface area contributed by atoms with Crippen LogP contribution in [0, 0.1) is 0 Å². The minimum Gasteiger partial charge on any atom is -0.356 e. The second kappa shape index (κ2) is 11.4. The van der Waals surface area contributed by atoms with Crippen molar-refractivity contribution in [3.05, 3.63) is 0 Å². The summed E-state index contributed by atoms with van der Waals surface area (Å²) in [4.78, 5) is 11.3. The smallest absolute Gasteiger partial charge is 0.356 e. The first-order valence-corrected chi connectivity index (χ1v) is 10.6. The zero-order valence-corrected chi connectivity index (χ0v) is 18.6. The van der Waals surface area contributed by atoms with E-state index in [2.05, 4.69) is 5.32 Å². The highest BCUT2D eigenvalue weighted by Gasteiger charge is 2.95. The molecule has 222 valence electrons. The fourth-order valence-electron chi connectivity index (χ4n) is 2.24. The van der Waals surface area contributed by atoms with Crippen molar-refractivity contribution >= 4 is 17.7 Å². The Balaban J connectivity index is 5.76. The maximum atomic E-state index is 13.7. The first-order valence-electron chi connectivity index (χ1n) is 9.46. The molecule has 21 heteroatoms. The fourth-order valence-corrected chi connectivity index (χ4v) is 3.17. The van der Waals surface area contributed by atoms with E-state index >= 15 is 0 Å². The molecule has 3 N–H and O–H groups in total. The lowest BCUT2D eigenvalue weighted by atomic mass is 9.88. The van der Waals surface area contributed by atoms with Gasteiger partial charge in [-0.25, -0.2) is 0 Å². The van der Waals surface area contributed by atoms with Gasteiger partial charge in [0.05, 0.1) is 0 Å². The second-order valence-electron chi connectivity index (χ2n) is 7.25. The lowest BCUT2D eigenvalue weighted by Crippen LogP contribution is -2.74. The van der Waals surface area contributed by atoms with Gasteiger partial charge in [0, 0.05) is 25.1 Å². The Morgan fingerprint density at radius 3 is 1.43 bits per heavy atom. The molecular weight excluding hydrogens is 591 g/mol. The summed E-state index contributed by atoms with van der Waals surface area (Å²) in [5.74, 6) is -58.7. The van der Waals surface area contributed by atoms with Crippen LogP contribution >= 0.6 is 11.8 Å². The molecule has 0 rings (SSSR count). The zero-order chi connectivity index (χ0) is 29.9. The van der Waals surface area contributed by atoms with Gasteiger partial charge in [0.15, 0.2) is 0 Å². The van der Waals surface area contributed by atoms with Gasteiger partial charge in [0.2, 0.25) is 5.91 Å². The molecule has 0 bridgehead atoms. The Hall–Kier alpha value is -1.41. The maximum Gasteiger partial charge on any atom is 0.460 e. The average molecular weight is 608 g/mol. The summed E-state index contributed by atoms with van der Waals surface area (Å²) in [7, 11) is 0. The molecule has 37 heavy (non-hydrogen) atoms. The van der Waals surface area contributed by atoms with Gasteiger partial charge in [0.25, 0.3) is 0 Å². The van der Waals surface area contributed by atoms with Crippen molar-refractivity contribution in [2.75, 3.05) is 24.6 Å². The minimum absolute atomic E-state index is 0.0895. The molecule has 3 nitrogen and oxygen atoms in total. The van der Waals surface area contributed by atoms with Crippen molar-refractivity contribution in [2.45, 2.75) is 66.9 Å². The topological polar surface area (TPSA) is 55.1 Å². The zero-order valence-electron chi connectivity index (χ0n) is 17.8. The number of carbonyl (C=O) groups is 1. The number of hydrogen-bond donors (Lipinski definition) is 2. The number of amides is 1. The van der Waals surface area contributed by atoms with Crippen LogP contribution in [0.15, 0.2) is 0 Å². The number of nitrogens with two attached hydrogens (primary N) is 1. The van der Waals surface area contributed by atoms with Crippen LogP contribution in [0.2, 0.25) is 0 Å². The van der Waals surface area contributed by atoms with E-state index < -0.39 is 77.9 Å². The standard InChI is InChI=1S/C16H17F17N2OS/c17-9(18,3-7-37-6-2-8(36)35-5-1-4-34)10(19,20)11(21,22)12(23,24)13(25,26)14(27,28)15(29,30)16(31,32)33/h1-7,34H2,(H,35,36). The molecule has 0 aliphatic carbocycles. The molecule has 0 aromatic carbocycles. The fraction of sp³-hybridized carbons (Fsp3) is 0.938. The molecule has 0 radical (unpaired) electrons. The third-order valence-corrected chi connectivity index (χ3v) is 5.51. The molecule has 0 aliphatic heterocycles. The van der Waals surface area contributed by atoms with Gasteiger partial charge >= 0.3 is 47.6 Å². The predicted octanol–water partition coefficient (Wildman–Crippen LogP) is 5.97. The summed E-state index contributed by atoms with van der Waals surface area (Å²) in [6.45, 7) is 0.266. The largest absolute Gasteiger partial charge is 0.460 e. The molecule has 0 unspecified atom stereocenters. The number of nitrogens with one attached hydrogen (secondary N) is 1. The van der Waals surface area contributed by atoms with Crippen LogP contribution in [0.5, 0.6) is 0 Å². The molecule has 0 aromatic heterocycles. The molecule has 0 spiro atoms. The highest BCUT2D eigenvalue weighted by molar-refractivity contribution is 7.99. The third-order valence-electron chi connectivity index (χ3n) is 4.52. The number of carbonyl (C=O) groups excluding carboxylic acids is 1. The molecule has 1 amide bonds. The van der Waals surface area contributed by atoms with Crippen LogP contribution in [0.1, 0.15) is 19.3 Å². The van der Waals surface area contributed by atoms with Gasteiger partial charge in [0.1, 0.15) is 0 Å². The first-order chi connectivity index (χ1) is 16.2. The third kappa shape index (κ3) is 6.43. The van der Waals surface area contributed by atoms with E-state index in [0.717, 1.165) is 0 Å². The second-order valence-corrected chi connectivity index (χ2v) is 8.48. The number of rotatable bonds is 15. The van der Waals surface area contributed by atoms with E-state index in [1.807, 2.05) is 0 Å². The number of thioether (sulfide) groups is 1. The van der Waals surface area contributed by atoms with Crippen molar-refractivity contribution < 1.29 is 79.4 Å². The summed E-state index contributed by atoms with van der Waals surface area (Å²) in [6.07, 6.45) is -10.4. The van der Waals surface area contributed by atoms with Gasteiger partial charge in [-0.2, -0.15) is 86.4 Å². The Bertz CT molecular complexity index is 769. The summed E-state index contributed by atoms with van der Waals surface area (Å²) in [5.41, 5.74) is 5.12. The van der Waals surface area contributed by atoms with Crippen molar-refractivity contribution in [2.24, 2.45) is 5.73 Å². The van der Waals surface area contributed by atoms with Gasteiger partial charge in [-0.3, -0.25) is 4.79 Å². The van der Waals surface area contributed by atoms with Crippen LogP contribution in [-0.4, -0.2) is 78.1 Å². The monoisotopic (exact) mass is 608 g/mol. The molecule has 0 atom stereocenters. The van der Waals surface area contributed by atoms with Crippen molar-refractivity contribution in [1.82, 2.24) is 5.32 Å². The van der Waals surface area contributed by atoms with E-state index in [1.54, 1.807) is 0 Å². The molecule has 0 aromatic rings. The summed E-state index contributed by atoms with van der Waals surface area (Å²) in [6, 6.07) is 0. The van der Waals surface area contributed by atoms with Gasteiger partial charge in [-0.15, -0.1) is 0 Å². The first kappa shape index (κ1) is 35.6. The van der Waals surface area contributed by atoms with Crippen molar-refractivity contribution in [3.8, 4) is 0 Å². The molecular formula is C16H17F17N2OS. The molecule has 0 saturated heterocycles. The van der Waals surface area contributed by atoms with Crippen LogP contribution in [0.25, 0.3) is 0 Å². The van der Waals surface area contributed by atoms with E-state index in [1.165, 1.54) is 0 Å². The predicted molar refractivity (Wildman–Crippen MR) is 93.9 cm³/mol. The Morgan fingerprint density at radius 2 is 1.03 bits per heavy atom. The number of hydrogen-bond acceptors (Lipinski definition) is 3. The molecule has 0 aliphatic rings. The van der Waals surface area contributed by atoms with E-state index in [9.17, 15) is 79.4 Å². The van der Waals surface area contributed by atoms with Gasteiger partial charge in [-0.05, 0) is 18.7 Å². The van der Waals surface area contributed by atoms with Gasteiger partial charge < -0.3 is 11.1 Å². The van der Waals surface area contributed by atoms with E-state index in [0.29, 0.717) is 6.42 Å². The minimum atomic E-state index is -8.63. The highest BCUT2D eigenvalue weighted by Crippen LogP contribution is 2.64. The lowest BCUT2D eigenvalue weighted by Gasteiger charge is -2.42. The Morgan fingerprint density at radius 1 is 0.622 bits per heavy atom. The van der Waals surface area contributed by atoms with E-state index in [4.69, 9.17) is 5.73 Å². The van der Waals surface area contributed by atoms with E-state index in [-0.39, 0.29) is 24.9 Å². The van der Waals surface area contributed by atoms with Crippen molar-refractivity contribution in [3.63, 3.8) is 0 Å². The highest BCUT2D eigenvalue weighted by atomic mass is 32.2. The number of alkyl halides is 17. The molecule has 0 saturated carbocycles. The van der Waals surface area contributed by atoms with Crippen LogP contribution in [0.3, 0.4) is 0 Å². The SMILES string of the molecule is NCCCNC(=O)CCSCCC(F)(F)C(F)(F)C(F)(F)C(F)(F)C(F)(F)C(F)(F)C(F)(F)C(F)(F)F. The summed E-state index contributed by atoms with van der Waals surface area (Å²) in [5, 5.41) is 2.26. The van der Waals surface area contributed by atoms with Crippen LogP contribution in [-0.2, 0) is 4.79 Å².